The van der Waals surface area contributed by atoms with E-state index >= 15 is 0 Å². The highest BCUT2D eigenvalue weighted by Crippen LogP contribution is 2.30. The predicted molar refractivity (Wildman–Crippen MR) is 83.7 cm³/mol. The number of carbonyl (C=O) groups excluding carboxylic acids is 1. The normalized spacial score (nSPS) is 18.5. The maximum Gasteiger partial charge on any atom is 0.416 e. The molecule has 1 unspecified atom stereocenters. The van der Waals surface area contributed by atoms with Crippen LogP contribution in [0.15, 0.2) is 24.3 Å². The Morgan fingerprint density at radius 1 is 1.35 bits per heavy atom. The van der Waals surface area contributed by atoms with E-state index in [0.717, 1.165) is 30.2 Å². The quantitative estimate of drug-likeness (QED) is 0.775. The van der Waals surface area contributed by atoms with Crippen LogP contribution in [-0.4, -0.2) is 43.2 Å². The number of halogens is 3. The number of thioether (sulfide) groups is 1. The maximum atomic E-state index is 12.4. The lowest BCUT2D eigenvalue weighted by molar-refractivity contribution is -0.137. The van der Waals surface area contributed by atoms with Gasteiger partial charge in [-0.3, -0.25) is 4.79 Å². The molecule has 1 fully saturated rings. The molecule has 2 rings (SSSR count). The molecule has 0 saturated carbocycles. The Balaban J connectivity index is 1.64. The highest BCUT2D eigenvalue weighted by Gasteiger charge is 2.30. The van der Waals surface area contributed by atoms with Crippen molar-refractivity contribution in [3.63, 3.8) is 0 Å². The zero-order chi connectivity index (χ0) is 16.7. The second-order valence-corrected chi connectivity index (χ2v) is 6.30. The van der Waals surface area contributed by atoms with Crippen LogP contribution in [0.5, 0.6) is 5.75 Å². The molecule has 4 nitrogen and oxygen atoms in total. The van der Waals surface area contributed by atoms with Gasteiger partial charge in [0.1, 0.15) is 12.4 Å². The van der Waals surface area contributed by atoms with E-state index in [4.69, 9.17) is 4.74 Å². The van der Waals surface area contributed by atoms with Gasteiger partial charge in [0.05, 0.1) is 12.1 Å². The first-order valence-corrected chi connectivity index (χ1v) is 8.48. The standard InChI is InChI=1S/C15H19F3N2O2S/c16-15(17,18)11-1-3-13(4-2-11)22-7-5-20-14(21)9-12-10-23-8-6-19-12/h1-4,12,19H,5-10H2,(H,20,21). The first-order valence-electron chi connectivity index (χ1n) is 7.33. The Bertz CT molecular complexity index is 502. The average molecular weight is 348 g/mol. The summed E-state index contributed by atoms with van der Waals surface area (Å²) < 4.78 is 42.5. The van der Waals surface area contributed by atoms with E-state index in [1.165, 1.54) is 12.1 Å². The fourth-order valence-corrected chi connectivity index (χ4v) is 3.10. The van der Waals surface area contributed by atoms with E-state index in [-0.39, 0.29) is 18.6 Å². The summed E-state index contributed by atoms with van der Waals surface area (Å²) in [7, 11) is 0. The van der Waals surface area contributed by atoms with E-state index in [1.54, 1.807) is 0 Å². The molecule has 1 atom stereocenters. The molecule has 1 heterocycles. The second kappa shape index (κ2) is 8.44. The van der Waals surface area contributed by atoms with Gasteiger partial charge in [-0.05, 0) is 24.3 Å². The summed E-state index contributed by atoms with van der Waals surface area (Å²) in [5.41, 5.74) is -0.712. The summed E-state index contributed by atoms with van der Waals surface area (Å²) in [5.74, 6) is 2.28. The minimum Gasteiger partial charge on any atom is -0.492 e. The Labute approximate surface area is 137 Å². The maximum absolute atomic E-state index is 12.4. The summed E-state index contributed by atoms with van der Waals surface area (Å²) in [6.45, 7) is 1.45. The number of alkyl halides is 3. The fourth-order valence-electron chi connectivity index (χ4n) is 2.15. The number of amides is 1. The summed E-state index contributed by atoms with van der Waals surface area (Å²) in [5, 5.41) is 6.02. The predicted octanol–water partition coefficient (Wildman–Crippen LogP) is 2.30. The van der Waals surface area contributed by atoms with Gasteiger partial charge in [0.25, 0.3) is 0 Å². The summed E-state index contributed by atoms with van der Waals surface area (Å²) in [6.07, 6.45) is -3.93. The van der Waals surface area contributed by atoms with Crippen molar-refractivity contribution in [1.29, 1.82) is 0 Å². The summed E-state index contributed by atoms with van der Waals surface area (Å²) in [4.78, 5) is 11.7. The molecule has 1 amide bonds. The third-order valence-corrected chi connectivity index (χ3v) is 4.44. The molecule has 23 heavy (non-hydrogen) atoms. The van der Waals surface area contributed by atoms with Gasteiger partial charge in [0, 0.05) is 30.5 Å². The van der Waals surface area contributed by atoms with Crippen LogP contribution >= 0.6 is 11.8 Å². The van der Waals surface area contributed by atoms with Crippen LogP contribution in [0.4, 0.5) is 13.2 Å². The van der Waals surface area contributed by atoms with Crippen LogP contribution in [0.3, 0.4) is 0 Å². The minimum absolute atomic E-state index is 0.0546. The number of rotatable bonds is 6. The lowest BCUT2D eigenvalue weighted by atomic mass is 10.2. The van der Waals surface area contributed by atoms with Crippen molar-refractivity contribution in [3.05, 3.63) is 29.8 Å². The smallest absolute Gasteiger partial charge is 0.416 e. The van der Waals surface area contributed by atoms with Crippen molar-refractivity contribution in [1.82, 2.24) is 10.6 Å². The molecule has 1 aromatic carbocycles. The molecule has 0 spiro atoms. The van der Waals surface area contributed by atoms with Gasteiger partial charge in [-0.25, -0.2) is 0 Å². The lowest BCUT2D eigenvalue weighted by Crippen LogP contribution is -2.41. The van der Waals surface area contributed by atoms with Crippen LogP contribution < -0.4 is 15.4 Å². The molecule has 8 heteroatoms. The lowest BCUT2D eigenvalue weighted by Gasteiger charge is -2.22. The monoisotopic (exact) mass is 348 g/mol. The molecule has 0 bridgehead atoms. The van der Waals surface area contributed by atoms with Crippen LogP contribution in [0.2, 0.25) is 0 Å². The van der Waals surface area contributed by atoms with Crippen molar-refractivity contribution in [2.24, 2.45) is 0 Å². The zero-order valence-electron chi connectivity index (χ0n) is 12.5. The third-order valence-electron chi connectivity index (χ3n) is 3.30. The Morgan fingerprint density at radius 2 is 2.09 bits per heavy atom. The number of ether oxygens (including phenoxy) is 1. The van der Waals surface area contributed by atoms with Crippen molar-refractivity contribution in [2.45, 2.75) is 18.6 Å². The van der Waals surface area contributed by atoms with Crippen LogP contribution in [0.1, 0.15) is 12.0 Å². The van der Waals surface area contributed by atoms with Crippen LogP contribution in [-0.2, 0) is 11.0 Å². The van der Waals surface area contributed by atoms with E-state index in [1.807, 2.05) is 11.8 Å². The van der Waals surface area contributed by atoms with Gasteiger partial charge >= 0.3 is 6.18 Å². The van der Waals surface area contributed by atoms with Gasteiger partial charge < -0.3 is 15.4 Å². The van der Waals surface area contributed by atoms with Gasteiger partial charge in [-0.2, -0.15) is 24.9 Å². The largest absolute Gasteiger partial charge is 0.492 e. The van der Waals surface area contributed by atoms with Crippen molar-refractivity contribution in [3.8, 4) is 5.75 Å². The number of hydrogen-bond donors (Lipinski definition) is 2. The van der Waals surface area contributed by atoms with Gasteiger partial charge in [-0.1, -0.05) is 0 Å². The minimum atomic E-state index is -4.35. The van der Waals surface area contributed by atoms with E-state index in [9.17, 15) is 18.0 Å². The average Bonchev–Trinajstić information content (AvgIpc) is 2.52. The van der Waals surface area contributed by atoms with E-state index < -0.39 is 11.7 Å². The van der Waals surface area contributed by atoms with E-state index in [2.05, 4.69) is 10.6 Å². The third kappa shape index (κ3) is 6.31. The number of carbonyl (C=O) groups is 1. The fraction of sp³-hybridized carbons (Fsp3) is 0.533. The molecular weight excluding hydrogens is 329 g/mol. The molecule has 0 radical (unpaired) electrons. The van der Waals surface area contributed by atoms with Crippen LogP contribution in [0.25, 0.3) is 0 Å². The summed E-state index contributed by atoms with van der Waals surface area (Å²) >= 11 is 1.83. The van der Waals surface area contributed by atoms with Crippen molar-refractivity contribution >= 4 is 17.7 Å². The molecular formula is C15H19F3N2O2S. The Morgan fingerprint density at radius 3 is 2.70 bits per heavy atom. The van der Waals surface area contributed by atoms with Gasteiger partial charge in [0.2, 0.25) is 5.91 Å². The molecule has 1 saturated heterocycles. The number of hydrogen-bond acceptors (Lipinski definition) is 4. The zero-order valence-corrected chi connectivity index (χ0v) is 13.3. The molecule has 0 aromatic heterocycles. The number of nitrogens with one attached hydrogen (secondary N) is 2. The van der Waals surface area contributed by atoms with Gasteiger partial charge in [-0.15, -0.1) is 0 Å². The molecule has 2 N–H and O–H groups in total. The Kier molecular flexibility index (Phi) is 6.59. The first-order chi connectivity index (χ1) is 10.9. The molecule has 1 aliphatic heterocycles. The topological polar surface area (TPSA) is 50.4 Å². The molecule has 1 aliphatic rings. The molecule has 1 aromatic rings. The van der Waals surface area contributed by atoms with E-state index in [0.29, 0.717) is 18.7 Å². The van der Waals surface area contributed by atoms with Crippen LogP contribution in [0, 0.1) is 0 Å². The van der Waals surface area contributed by atoms with Crippen molar-refractivity contribution < 1.29 is 22.7 Å². The van der Waals surface area contributed by atoms with Gasteiger partial charge in [0.15, 0.2) is 0 Å². The SMILES string of the molecule is O=C(CC1CSCCN1)NCCOc1ccc(C(F)(F)F)cc1. The highest BCUT2D eigenvalue weighted by atomic mass is 32.2. The Hall–Kier alpha value is -1.41. The number of benzene rings is 1. The highest BCUT2D eigenvalue weighted by molar-refractivity contribution is 7.99. The first kappa shape index (κ1) is 17.9. The van der Waals surface area contributed by atoms with Crippen molar-refractivity contribution in [2.75, 3.05) is 31.2 Å². The molecule has 128 valence electrons. The molecule has 0 aliphatic carbocycles. The second-order valence-electron chi connectivity index (χ2n) is 5.15. The summed E-state index contributed by atoms with van der Waals surface area (Å²) in [6, 6.07) is 4.69.